The summed E-state index contributed by atoms with van der Waals surface area (Å²) < 4.78 is 5.28. The Bertz CT molecular complexity index is 699. The van der Waals surface area contributed by atoms with Crippen LogP contribution in [-0.4, -0.2) is 24.2 Å². The Morgan fingerprint density at radius 1 is 1.15 bits per heavy atom. The maximum absolute atomic E-state index is 5.28. The number of hydrogen-bond donors (Lipinski definition) is 2. The first-order valence-corrected chi connectivity index (χ1v) is 9.52. The smallest absolute Gasteiger partial charge is 0.191 e. The maximum Gasteiger partial charge on any atom is 0.191 e. The monoisotopic (exact) mass is 356 g/mol. The number of rotatable bonds is 7. The molecule has 0 saturated heterocycles. The minimum atomic E-state index is 0.188. The van der Waals surface area contributed by atoms with E-state index in [1.165, 1.54) is 11.1 Å². The molecular weight excluding hydrogens is 324 g/mol. The molecule has 0 saturated carbocycles. The number of benzene rings is 1. The summed E-state index contributed by atoms with van der Waals surface area (Å²) in [7, 11) is 0. The lowest BCUT2D eigenvalue weighted by Gasteiger charge is -2.19. The zero-order valence-electron chi connectivity index (χ0n) is 16.9. The third-order valence-corrected chi connectivity index (χ3v) is 4.69. The van der Waals surface area contributed by atoms with Crippen molar-refractivity contribution < 1.29 is 4.52 Å². The Hall–Kier alpha value is -2.30. The molecule has 0 aliphatic rings. The Balaban J connectivity index is 2.05. The van der Waals surface area contributed by atoms with E-state index in [4.69, 9.17) is 9.52 Å². The van der Waals surface area contributed by atoms with Gasteiger partial charge in [0.05, 0.1) is 11.7 Å². The minimum Gasteiger partial charge on any atom is -0.361 e. The second-order valence-electron chi connectivity index (χ2n) is 6.82. The SMILES string of the molecule is CCNC(=NCC(C)c1c(C)noc1C)NC(C)c1ccc(CC)cc1. The first-order chi connectivity index (χ1) is 12.5. The van der Waals surface area contributed by atoms with Gasteiger partial charge in [0.2, 0.25) is 0 Å². The molecule has 5 heteroatoms. The standard InChI is InChI=1S/C21H32N4O/c1-7-18-9-11-19(12-10-18)15(4)24-21(22-8-2)23-13-14(3)20-16(5)25-26-17(20)6/h9-12,14-15H,7-8,13H2,1-6H3,(H2,22,23,24). The summed E-state index contributed by atoms with van der Waals surface area (Å²) in [5.74, 6) is 1.97. The van der Waals surface area contributed by atoms with E-state index in [1.54, 1.807) is 0 Å². The minimum absolute atomic E-state index is 0.188. The van der Waals surface area contributed by atoms with E-state index in [0.717, 1.165) is 35.9 Å². The van der Waals surface area contributed by atoms with Crippen LogP contribution >= 0.6 is 0 Å². The van der Waals surface area contributed by atoms with E-state index in [-0.39, 0.29) is 12.0 Å². The zero-order chi connectivity index (χ0) is 19.1. The molecular formula is C21H32N4O. The van der Waals surface area contributed by atoms with Gasteiger partial charge in [-0.2, -0.15) is 0 Å². The summed E-state index contributed by atoms with van der Waals surface area (Å²) >= 11 is 0. The summed E-state index contributed by atoms with van der Waals surface area (Å²) in [5, 5.41) is 10.9. The number of guanidine groups is 1. The Kier molecular flexibility index (Phi) is 7.25. The molecule has 0 amide bonds. The molecule has 0 spiro atoms. The van der Waals surface area contributed by atoms with Crippen molar-refractivity contribution in [2.24, 2.45) is 4.99 Å². The van der Waals surface area contributed by atoms with Crippen LogP contribution in [0.25, 0.3) is 0 Å². The Labute approximate surface area is 157 Å². The fourth-order valence-electron chi connectivity index (χ4n) is 3.16. The summed E-state index contributed by atoms with van der Waals surface area (Å²) in [6.45, 7) is 14.0. The lowest BCUT2D eigenvalue weighted by Crippen LogP contribution is -2.39. The van der Waals surface area contributed by atoms with Gasteiger partial charge in [-0.05, 0) is 45.2 Å². The molecule has 0 radical (unpaired) electrons. The molecule has 1 heterocycles. The van der Waals surface area contributed by atoms with Gasteiger partial charge < -0.3 is 15.2 Å². The summed E-state index contributed by atoms with van der Waals surface area (Å²) in [5.41, 5.74) is 4.72. The first kappa shape index (κ1) is 20.0. The highest BCUT2D eigenvalue weighted by atomic mass is 16.5. The van der Waals surface area contributed by atoms with Gasteiger partial charge in [0.1, 0.15) is 5.76 Å². The Morgan fingerprint density at radius 3 is 2.38 bits per heavy atom. The average molecular weight is 357 g/mol. The van der Waals surface area contributed by atoms with E-state index < -0.39 is 0 Å². The molecule has 2 rings (SSSR count). The van der Waals surface area contributed by atoms with Crippen LogP contribution in [0.4, 0.5) is 0 Å². The largest absolute Gasteiger partial charge is 0.361 e. The molecule has 0 fully saturated rings. The van der Waals surface area contributed by atoms with Gasteiger partial charge in [0, 0.05) is 24.6 Å². The van der Waals surface area contributed by atoms with E-state index in [1.807, 2.05) is 13.8 Å². The van der Waals surface area contributed by atoms with Crippen molar-refractivity contribution in [3.63, 3.8) is 0 Å². The predicted octanol–water partition coefficient (Wildman–Crippen LogP) is 4.27. The van der Waals surface area contributed by atoms with E-state index in [0.29, 0.717) is 6.54 Å². The Morgan fingerprint density at radius 2 is 1.85 bits per heavy atom. The van der Waals surface area contributed by atoms with Crippen molar-refractivity contribution >= 4 is 5.96 Å². The van der Waals surface area contributed by atoms with Crippen LogP contribution in [0.3, 0.4) is 0 Å². The van der Waals surface area contributed by atoms with E-state index in [2.05, 4.69) is 67.8 Å². The molecule has 5 nitrogen and oxygen atoms in total. The van der Waals surface area contributed by atoms with Gasteiger partial charge in [-0.1, -0.05) is 43.3 Å². The zero-order valence-corrected chi connectivity index (χ0v) is 16.9. The van der Waals surface area contributed by atoms with Crippen molar-refractivity contribution in [3.8, 4) is 0 Å². The van der Waals surface area contributed by atoms with Crippen LogP contribution in [0.1, 0.15) is 67.8 Å². The highest BCUT2D eigenvalue weighted by Gasteiger charge is 2.16. The number of aryl methyl sites for hydroxylation is 3. The number of aliphatic imine (C=N–C) groups is 1. The molecule has 2 unspecified atom stereocenters. The second-order valence-corrected chi connectivity index (χ2v) is 6.82. The van der Waals surface area contributed by atoms with Crippen molar-refractivity contribution in [2.75, 3.05) is 13.1 Å². The van der Waals surface area contributed by atoms with Crippen molar-refractivity contribution in [3.05, 3.63) is 52.4 Å². The normalized spacial score (nSPS) is 14.2. The van der Waals surface area contributed by atoms with Crippen LogP contribution < -0.4 is 10.6 Å². The third-order valence-electron chi connectivity index (χ3n) is 4.69. The third kappa shape index (κ3) is 5.10. The van der Waals surface area contributed by atoms with Gasteiger partial charge in [0.15, 0.2) is 5.96 Å². The van der Waals surface area contributed by atoms with E-state index in [9.17, 15) is 0 Å². The topological polar surface area (TPSA) is 62.5 Å². The van der Waals surface area contributed by atoms with Gasteiger partial charge in [-0.3, -0.25) is 4.99 Å². The van der Waals surface area contributed by atoms with Gasteiger partial charge in [-0.25, -0.2) is 0 Å². The molecule has 142 valence electrons. The second kappa shape index (κ2) is 9.41. The molecule has 26 heavy (non-hydrogen) atoms. The number of hydrogen-bond acceptors (Lipinski definition) is 3. The highest BCUT2D eigenvalue weighted by Crippen LogP contribution is 2.23. The molecule has 0 bridgehead atoms. The van der Waals surface area contributed by atoms with Crippen molar-refractivity contribution in [1.82, 2.24) is 15.8 Å². The molecule has 1 aromatic carbocycles. The lowest BCUT2D eigenvalue weighted by atomic mass is 10.00. The number of aromatic nitrogens is 1. The van der Waals surface area contributed by atoms with Crippen LogP contribution in [0.2, 0.25) is 0 Å². The summed E-state index contributed by atoms with van der Waals surface area (Å²) in [4.78, 5) is 4.78. The van der Waals surface area contributed by atoms with Gasteiger partial charge in [0.25, 0.3) is 0 Å². The molecule has 2 atom stereocenters. The molecule has 2 aromatic rings. The predicted molar refractivity (Wildman–Crippen MR) is 108 cm³/mol. The summed E-state index contributed by atoms with van der Waals surface area (Å²) in [6, 6.07) is 8.95. The quantitative estimate of drug-likeness (QED) is 0.574. The van der Waals surface area contributed by atoms with Crippen LogP contribution in [-0.2, 0) is 6.42 Å². The lowest BCUT2D eigenvalue weighted by molar-refractivity contribution is 0.391. The number of nitrogens with one attached hydrogen (secondary N) is 2. The molecule has 2 N–H and O–H groups in total. The van der Waals surface area contributed by atoms with Crippen molar-refractivity contribution in [1.29, 1.82) is 0 Å². The maximum atomic E-state index is 5.28. The molecule has 1 aromatic heterocycles. The molecule has 0 aliphatic heterocycles. The average Bonchev–Trinajstić information content (AvgIpc) is 2.98. The number of nitrogens with zero attached hydrogens (tertiary/aromatic N) is 2. The van der Waals surface area contributed by atoms with Gasteiger partial charge in [-0.15, -0.1) is 0 Å². The van der Waals surface area contributed by atoms with Crippen LogP contribution in [0.5, 0.6) is 0 Å². The van der Waals surface area contributed by atoms with Crippen LogP contribution in [0, 0.1) is 13.8 Å². The fourth-order valence-corrected chi connectivity index (χ4v) is 3.16. The van der Waals surface area contributed by atoms with E-state index >= 15 is 0 Å². The van der Waals surface area contributed by atoms with Gasteiger partial charge >= 0.3 is 0 Å². The summed E-state index contributed by atoms with van der Waals surface area (Å²) in [6.07, 6.45) is 1.06. The van der Waals surface area contributed by atoms with Crippen molar-refractivity contribution in [2.45, 2.75) is 59.9 Å². The highest BCUT2D eigenvalue weighted by molar-refractivity contribution is 5.80. The fraction of sp³-hybridized carbons (Fsp3) is 0.524. The molecule has 0 aliphatic carbocycles. The van der Waals surface area contributed by atoms with Crippen LogP contribution in [0.15, 0.2) is 33.8 Å². The first-order valence-electron chi connectivity index (χ1n) is 9.52.